The zero-order chi connectivity index (χ0) is 12.7. The van der Waals surface area contributed by atoms with E-state index in [9.17, 15) is 19.0 Å². The molecule has 0 aromatic rings. The van der Waals surface area contributed by atoms with Crippen LogP contribution in [-0.4, -0.2) is 45.5 Å². The van der Waals surface area contributed by atoms with Crippen LogP contribution < -0.4 is 0 Å². The molecule has 0 rings (SSSR count). The van der Waals surface area contributed by atoms with E-state index in [1.165, 1.54) is 41.5 Å². The molecule has 0 spiro atoms. The van der Waals surface area contributed by atoms with Crippen molar-refractivity contribution in [3.8, 4) is 0 Å². The first kappa shape index (κ1) is 18.9. The summed E-state index contributed by atoms with van der Waals surface area (Å²) in [6, 6.07) is 0. The first-order valence-corrected chi connectivity index (χ1v) is 6.40. The van der Waals surface area contributed by atoms with Crippen LogP contribution in [0.3, 0.4) is 0 Å². The van der Waals surface area contributed by atoms with Crippen LogP contribution in [0, 0.1) is 10.8 Å². The van der Waals surface area contributed by atoms with Gasteiger partial charge in [0.1, 0.15) is 0 Å². The summed E-state index contributed by atoms with van der Waals surface area (Å²) < 4.78 is 11.8. The van der Waals surface area contributed by atoms with E-state index in [4.69, 9.17) is 0 Å². The Kier molecular flexibility index (Phi) is 6.43. The Morgan fingerprint density at radius 2 is 1.06 bits per heavy atom. The third-order valence-corrected chi connectivity index (χ3v) is 4.28. The molecule has 0 atom stereocenters. The number of carbonyl (C=O) groups excluding carboxylic acids is 2. The zero-order valence-electron chi connectivity index (χ0n) is 10.1. The summed E-state index contributed by atoms with van der Waals surface area (Å²) in [5, 5.41) is 0. The molecule has 0 amide bonds. The van der Waals surface area contributed by atoms with Crippen molar-refractivity contribution >= 4 is 48.0 Å². The monoisotopic (exact) mass is 258 g/mol. The van der Waals surface area contributed by atoms with Gasteiger partial charge in [0, 0.05) is 10.8 Å². The maximum absolute atomic E-state index is 11.8. The molecule has 0 aromatic heterocycles. The van der Waals surface area contributed by atoms with Gasteiger partial charge in [-0.15, -0.1) is 0 Å². The van der Waals surface area contributed by atoms with Gasteiger partial charge in [0.05, 0.1) is 0 Å². The van der Waals surface area contributed by atoms with Crippen molar-refractivity contribution in [3.63, 3.8) is 0 Å². The van der Waals surface area contributed by atoms with Gasteiger partial charge in [-0.1, -0.05) is 41.5 Å². The van der Waals surface area contributed by atoms with Gasteiger partial charge in [-0.2, -0.15) is 0 Å². The molecule has 0 aliphatic carbocycles. The van der Waals surface area contributed by atoms with Crippen LogP contribution in [0.1, 0.15) is 41.5 Å². The molecule has 4 nitrogen and oxygen atoms in total. The average Bonchev–Trinajstić information content (AvgIpc) is 1.98. The van der Waals surface area contributed by atoms with Crippen LogP contribution in [0.15, 0.2) is 0 Å². The van der Waals surface area contributed by atoms with Crippen LogP contribution in [0.5, 0.6) is 0 Å². The van der Waals surface area contributed by atoms with Gasteiger partial charge in [-0.3, -0.25) is 14.2 Å². The molecular formula is C10H20NaO4P. The maximum atomic E-state index is 11.8. The molecule has 90 valence electrons. The Balaban J connectivity index is 0. The van der Waals surface area contributed by atoms with E-state index in [2.05, 4.69) is 0 Å². The van der Waals surface area contributed by atoms with Gasteiger partial charge in [0.25, 0.3) is 0 Å². The molecule has 0 radical (unpaired) electrons. The van der Waals surface area contributed by atoms with E-state index >= 15 is 0 Å². The first-order valence-electron chi connectivity index (χ1n) is 4.74. The van der Waals surface area contributed by atoms with Crippen molar-refractivity contribution in [3.05, 3.63) is 0 Å². The number of carbonyl (C=O) groups is 2. The summed E-state index contributed by atoms with van der Waals surface area (Å²) in [5.41, 5.74) is -3.72. The van der Waals surface area contributed by atoms with E-state index < -0.39 is 29.2 Å². The Labute approximate surface area is 119 Å². The van der Waals surface area contributed by atoms with Crippen molar-refractivity contribution in [2.45, 2.75) is 41.5 Å². The van der Waals surface area contributed by atoms with Crippen LogP contribution in [0.4, 0.5) is 0 Å². The molecule has 0 saturated carbocycles. The van der Waals surface area contributed by atoms with Crippen molar-refractivity contribution in [1.29, 1.82) is 0 Å². The number of rotatable bonds is 2. The number of hydrogen-bond donors (Lipinski definition) is 1. The van der Waals surface area contributed by atoms with Gasteiger partial charge in [0.15, 0.2) is 0 Å². The van der Waals surface area contributed by atoms with Crippen LogP contribution >= 0.6 is 7.37 Å². The van der Waals surface area contributed by atoms with Gasteiger partial charge in [-0.05, 0) is 0 Å². The molecule has 6 heteroatoms. The second kappa shape index (κ2) is 5.45. The summed E-state index contributed by atoms with van der Waals surface area (Å²) in [7, 11) is -4.40. The molecule has 0 saturated heterocycles. The van der Waals surface area contributed by atoms with Gasteiger partial charge in [-0.25, -0.2) is 0 Å². The first-order chi connectivity index (χ1) is 6.31. The van der Waals surface area contributed by atoms with Crippen LogP contribution in [0.2, 0.25) is 0 Å². The molecule has 1 N–H and O–H groups in total. The predicted octanol–water partition coefficient (Wildman–Crippen LogP) is 1.75. The molecule has 0 fully saturated rings. The number of hydrogen-bond acceptors (Lipinski definition) is 3. The zero-order valence-corrected chi connectivity index (χ0v) is 11.0. The van der Waals surface area contributed by atoms with Gasteiger partial charge >= 0.3 is 36.9 Å². The fraction of sp³-hybridized carbons (Fsp3) is 0.800. The summed E-state index contributed by atoms with van der Waals surface area (Å²) in [5.74, 6) is 0. The molecule has 16 heavy (non-hydrogen) atoms. The van der Waals surface area contributed by atoms with E-state index in [-0.39, 0.29) is 29.6 Å². The third-order valence-electron chi connectivity index (χ3n) is 1.83. The topological polar surface area (TPSA) is 71.4 Å². The van der Waals surface area contributed by atoms with E-state index in [1.54, 1.807) is 0 Å². The molecule has 0 aliphatic heterocycles. The summed E-state index contributed by atoms with van der Waals surface area (Å²) in [6.45, 7) is 9.13. The van der Waals surface area contributed by atoms with Crippen molar-refractivity contribution in [2.24, 2.45) is 10.8 Å². The normalized spacial score (nSPS) is 12.9. The Morgan fingerprint density at radius 1 is 0.875 bits per heavy atom. The Bertz CT molecular complexity index is 306. The van der Waals surface area contributed by atoms with E-state index in [1.807, 2.05) is 0 Å². The standard InChI is InChI=1S/C10H19O4P.Na.H/c1-9(2,3)7(11)15(13,14)8(12)10(4,5)6;;/h1-6H3,(H,13,14);;. The molecule has 0 bridgehead atoms. The summed E-state index contributed by atoms with van der Waals surface area (Å²) in [6.07, 6.45) is 0. The SMILES string of the molecule is CC(C)(C)C(=O)P(=O)(O)C(=O)C(C)(C)C.[NaH]. The molecule has 0 heterocycles. The van der Waals surface area contributed by atoms with Crippen LogP contribution in [0.25, 0.3) is 0 Å². The minimum absolute atomic E-state index is 0. The van der Waals surface area contributed by atoms with Crippen molar-refractivity contribution in [2.75, 3.05) is 0 Å². The minimum atomic E-state index is -4.40. The fourth-order valence-corrected chi connectivity index (χ4v) is 3.00. The second-order valence-corrected chi connectivity index (χ2v) is 7.65. The average molecular weight is 258 g/mol. The van der Waals surface area contributed by atoms with Gasteiger partial charge in [0.2, 0.25) is 11.0 Å². The Morgan fingerprint density at radius 3 is 1.19 bits per heavy atom. The van der Waals surface area contributed by atoms with Crippen molar-refractivity contribution < 1.29 is 19.0 Å². The predicted molar refractivity (Wildman–Crippen MR) is 65.9 cm³/mol. The summed E-state index contributed by atoms with van der Waals surface area (Å²) >= 11 is 0. The van der Waals surface area contributed by atoms with E-state index in [0.717, 1.165) is 0 Å². The quantitative estimate of drug-likeness (QED) is 0.605. The molecular weight excluding hydrogens is 238 g/mol. The molecule has 0 aromatic carbocycles. The second-order valence-electron chi connectivity index (χ2n) is 5.69. The van der Waals surface area contributed by atoms with Crippen LogP contribution in [-0.2, 0) is 14.2 Å². The van der Waals surface area contributed by atoms with Gasteiger partial charge < -0.3 is 4.89 Å². The Hall–Kier alpha value is 0.530. The van der Waals surface area contributed by atoms with E-state index in [0.29, 0.717) is 0 Å². The molecule has 0 aliphatic rings. The third kappa shape index (κ3) is 4.42. The fourth-order valence-electron chi connectivity index (χ4n) is 1.00. The summed E-state index contributed by atoms with van der Waals surface area (Å²) in [4.78, 5) is 32.9. The molecule has 0 unspecified atom stereocenters. The van der Waals surface area contributed by atoms with Crippen molar-refractivity contribution in [1.82, 2.24) is 0 Å².